The van der Waals surface area contributed by atoms with Gasteiger partial charge in [0, 0.05) is 5.54 Å². The molecule has 0 amide bonds. The zero-order valence-corrected chi connectivity index (χ0v) is 12.2. The zero-order valence-electron chi connectivity index (χ0n) is 12.2. The summed E-state index contributed by atoms with van der Waals surface area (Å²) in [5.41, 5.74) is 7.61. The van der Waals surface area contributed by atoms with E-state index in [4.69, 9.17) is 15.2 Å². The Morgan fingerprint density at radius 3 is 2.53 bits per heavy atom. The molecule has 3 heteroatoms. The highest BCUT2D eigenvalue weighted by atomic mass is 16.5. The van der Waals surface area contributed by atoms with Gasteiger partial charge in [0.15, 0.2) is 11.5 Å². The summed E-state index contributed by atoms with van der Waals surface area (Å²) in [6.45, 7) is 2.32. The fourth-order valence-electron chi connectivity index (χ4n) is 2.97. The van der Waals surface area contributed by atoms with Crippen molar-refractivity contribution in [2.75, 3.05) is 14.2 Å². The van der Waals surface area contributed by atoms with Crippen LogP contribution in [0.5, 0.6) is 11.5 Å². The molecule has 2 rings (SSSR count). The molecule has 0 radical (unpaired) electrons. The first kappa shape index (κ1) is 14.2. The minimum Gasteiger partial charge on any atom is -0.493 e. The van der Waals surface area contributed by atoms with Crippen LogP contribution in [0.4, 0.5) is 0 Å². The van der Waals surface area contributed by atoms with E-state index in [2.05, 4.69) is 13.0 Å². The maximum atomic E-state index is 6.66. The number of nitrogens with two attached hydrogens (primary N) is 1. The summed E-state index contributed by atoms with van der Waals surface area (Å²) in [7, 11) is 3.32. The molecule has 2 atom stereocenters. The molecule has 2 N–H and O–H groups in total. The predicted octanol–water partition coefficient (Wildman–Crippen LogP) is 3.46. The lowest BCUT2D eigenvalue weighted by atomic mass is 9.83. The summed E-state index contributed by atoms with van der Waals surface area (Å²) in [5.74, 6) is 2.31. The van der Waals surface area contributed by atoms with Crippen LogP contribution in [-0.4, -0.2) is 14.2 Å². The molecule has 0 aliphatic heterocycles. The van der Waals surface area contributed by atoms with Gasteiger partial charge < -0.3 is 15.2 Å². The van der Waals surface area contributed by atoms with E-state index in [-0.39, 0.29) is 5.54 Å². The van der Waals surface area contributed by atoms with Gasteiger partial charge >= 0.3 is 0 Å². The molecule has 2 unspecified atom stereocenters. The van der Waals surface area contributed by atoms with Crippen LogP contribution in [0.3, 0.4) is 0 Å². The van der Waals surface area contributed by atoms with E-state index in [1.165, 1.54) is 24.8 Å². The third kappa shape index (κ3) is 3.03. The second-order valence-electron chi connectivity index (χ2n) is 5.76. The van der Waals surface area contributed by atoms with Crippen molar-refractivity contribution >= 4 is 0 Å². The molecule has 0 heterocycles. The fraction of sp³-hybridized carbons (Fsp3) is 0.625. The molecule has 1 fully saturated rings. The van der Waals surface area contributed by atoms with Gasteiger partial charge in [-0.05, 0) is 42.9 Å². The lowest BCUT2D eigenvalue weighted by molar-refractivity contribution is 0.347. The van der Waals surface area contributed by atoms with E-state index in [9.17, 15) is 0 Å². The molecule has 0 bridgehead atoms. The van der Waals surface area contributed by atoms with Crippen molar-refractivity contribution in [1.82, 2.24) is 0 Å². The lowest BCUT2D eigenvalue weighted by Gasteiger charge is -2.29. The van der Waals surface area contributed by atoms with E-state index in [0.29, 0.717) is 0 Å². The normalized spacial score (nSPS) is 27.7. The number of ether oxygens (including phenoxy) is 2. The molecule has 1 aromatic carbocycles. The molecule has 0 spiro atoms. The molecule has 1 saturated carbocycles. The first-order valence-electron chi connectivity index (χ1n) is 7.10. The van der Waals surface area contributed by atoms with Gasteiger partial charge in [0.2, 0.25) is 0 Å². The highest BCUT2D eigenvalue weighted by molar-refractivity contribution is 5.45. The van der Waals surface area contributed by atoms with Crippen molar-refractivity contribution in [2.24, 2.45) is 11.7 Å². The summed E-state index contributed by atoms with van der Waals surface area (Å²) < 4.78 is 10.7. The topological polar surface area (TPSA) is 44.5 Å². The minimum absolute atomic E-state index is 0.218. The van der Waals surface area contributed by atoms with E-state index in [0.717, 1.165) is 30.3 Å². The Balaban J connectivity index is 2.29. The predicted molar refractivity (Wildman–Crippen MR) is 77.7 cm³/mol. The maximum absolute atomic E-state index is 6.66. The molecule has 19 heavy (non-hydrogen) atoms. The van der Waals surface area contributed by atoms with Gasteiger partial charge in [-0.25, -0.2) is 0 Å². The van der Waals surface area contributed by atoms with Crippen LogP contribution in [0, 0.1) is 5.92 Å². The van der Waals surface area contributed by atoms with Gasteiger partial charge in [0.05, 0.1) is 14.2 Å². The summed E-state index contributed by atoms with van der Waals surface area (Å²) in [6.07, 6.45) is 5.78. The molecule has 1 aliphatic rings. The zero-order chi connectivity index (χ0) is 13.9. The number of hydrogen-bond donors (Lipinski definition) is 1. The molecular formula is C16H25NO2. The van der Waals surface area contributed by atoms with Crippen LogP contribution in [0.25, 0.3) is 0 Å². The Morgan fingerprint density at radius 2 is 1.84 bits per heavy atom. The van der Waals surface area contributed by atoms with E-state index in [1.807, 2.05) is 12.1 Å². The van der Waals surface area contributed by atoms with E-state index >= 15 is 0 Å². The molecule has 3 nitrogen and oxygen atoms in total. The highest BCUT2D eigenvalue weighted by Crippen LogP contribution is 2.39. The molecule has 0 aromatic heterocycles. The van der Waals surface area contributed by atoms with Crippen LogP contribution in [-0.2, 0) is 5.54 Å². The van der Waals surface area contributed by atoms with Gasteiger partial charge in [-0.2, -0.15) is 0 Å². The van der Waals surface area contributed by atoms with Crippen LogP contribution >= 0.6 is 0 Å². The Labute approximate surface area is 116 Å². The summed E-state index contributed by atoms with van der Waals surface area (Å²) in [6, 6.07) is 6.07. The number of hydrogen-bond acceptors (Lipinski definition) is 3. The molecule has 0 saturated heterocycles. The average molecular weight is 263 g/mol. The van der Waals surface area contributed by atoms with Gasteiger partial charge in [0.1, 0.15) is 0 Å². The van der Waals surface area contributed by atoms with Gasteiger partial charge in [0.25, 0.3) is 0 Å². The fourth-order valence-corrected chi connectivity index (χ4v) is 2.97. The number of rotatable bonds is 3. The largest absolute Gasteiger partial charge is 0.493 e. The molecule has 1 aliphatic carbocycles. The first-order valence-corrected chi connectivity index (χ1v) is 7.10. The second kappa shape index (κ2) is 5.83. The van der Waals surface area contributed by atoms with Crippen LogP contribution in [0.1, 0.15) is 44.6 Å². The van der Waals surface area contributed by atoms with Crippen molar-refractivity contribution in [1.29, 1.82) is 0 Å². The van der Waals surface area contributed by atoms with Crippen molar-refractivity contribution in [3.05, 3.63) is 23.8 Å². The van der Waals surface area contributed by atoms with Crippen LogP contribution in [0.15, 0.2) is 18.2 Å². The van der Waals surface area contributed by atoms with Gasteiger partial charge in [-0.3, -0.25) is 0 Å². The molecule has 106 valence electrons. The van der Waals surface area contributed by atoms with Gasteiger partial charge in [-0.1, -0.05) is 25.8 Å². The third-order valence-corrected chi connectivity index (χ3v) is 4.36. The molecule has 1 aromatic rings. The number of methoxy groups -OCH3 is 2. The SMILES string of the molecule is COc1ccc(C2(N)CCCC(C)CC2)cc1OC. The van der Waals surface area contributed by atoms with Crippen LogP contribution < -0.4 is 15.2 Å². The summed E-state index contributed by atoms with van der Waals surface area (Å²) in [4.78, 5) is 0. The quantitative estimate of drug-likeness (QED) is 0.849. The monoisotopic (exact) mass is 263 g/mol. The van der Waals surface area contributed by atoms with Crippen molar-refractivity contribution in [3.8, 4) is 11.5 Å². The standard InChI is InChI=1S/C16H25NO2/c1-12-5-4-9-16(17,10-8-12)13-6-7-14(18-2)15(11-13)19-3/h6-7,11-12H,4-5,8-10,17H2,1-3H3. The smallest absolute Gasteiger partial charge is 0.161 e. The van der Waals surface area contributed by atoms with Gasteiger partial charge in [-0.15, -0.1) is 0 Å². The van der Waals surface area contributed by atoms with E-state index < -0.39 is 0 Å². The minimum atomic E-state index is -0.218. The second-order valence-corrected chi connectivity index (χ2v) is 5.76. The van der Waals surface area contributed by atoms with Crippen LogP contribution in [0.2, 0.25) is 0 Å². The third-order valence-electron chi connectivity index (χ3n) is 4.36. The summed E-state index contributed by atoms with van der Waals surface area (Å²) in [5, 5.41) is 0. The number of benzene rings is 1. The summed E-state index contributed by atoms with van der Waals surface area (Å²) >= 11 is 0. The average Bonchev–Trinajstić information content (AvgIpc) is 2.61. The van der Waals surface area contributed by atoms with Crippen molar-refractivity contribution in [2.45, 2.75) is 44.6 Å². The Hall–Kier alpha value is -1.22. The Bertz CT molecular complexity index is 433. The maximum Gasteiger partial charge on any atom is 0.161 e. The Kier molecular flexibility index (Phi) is 4.35. The highest BCUT2D eigenvalue weighted by Gasteiger charge is 2.30. The van der Waals surface area contributed by atoms with Crippen molar-refractivity contribution < 1.29 is 9.47 Å². The lowest BCUT2D eigenvalue weighted by Crippen LogP contribution is -2.36. The Morgan fingerprint density at radius 1 is 1.11 bits per heavy atom. The molecular weight excluding hydrogens is 238 g/mol. The first-order chi connectivity index (χ1) is 9.09. The van der Waals surface area contributed by atoms with Crippen molar-refractivity contribution in [3.63, 3.8) is 0 Å². The van der Waals surface area contributed by atoms with E-state index in [1.54, 1.807) is 14.2 Å².